The van der Waals surface area contributed by atoms with E-state index >= 15 is 0 Å². The fourth-order valence-corrected chi connectivity index (χ4v) is 5.21. The van der Waals surface area contributed by atoms with Gasteiger partial charge in [0, 0.05) is 25.2 Å². The van der Waals surface area contributed by atoms with E-state index in [1.165, 1.54) is 31.0 Å². The Morgan fingerprint density at radius 3 is 2.80 bits per heavy atom. The van der Waals surface area contributed by atoms with E-state index < -0.39 is 0 Å². The number of thioether (sulfide) groups is 1. The molecule has 0 bridgehead atoms. The number of hydrogen-bond donors (Lipinski definition) is 1. The van der Waals surface area contributed by atoms with Gasteiger partial charge in [-0.25, -0.2) is 0 Å². The van der Waals surface area contributed by atoms with Crippen LogP contribution in [0.1, 0.15) is 37.7 Å². The Hall–Kier alpha value is -1.97. The molecular formula is C21H30N6O2S. The minimum atomic E-state index is 0.0250. The van der Waals surface area contributed by atoms with Crippen LogP contribution in [0.4, 0.5) is 0 Å². The topological polar surface area (TPSA) is 85.2 Å². The average molecular weight is 431 g/mol. The smallest absolute Gasteiger partial charge is 0.230 e. The Morgan fingerprint density at radius 2 is 2.03 bits per heavy atom. The maximum Gasteiger partial charge on any atom is 0.230 e. The van der Waals surface area contributed by atoms with Crippen LogP contribution in [0.5, 0.6) is 0 Å². The van der Waals surface area contributed by atoms with Crippen molar-refractivity contribution in [2.45, 2.75) is 49.7 Å². The molecule has 0 spiro atoms. The Bertz CT molecular complexity index is 846. The third-order valence-electron chi connectivity index (χ3n) is 6.10. The van der Waals surface area contributed by atoms with E-state index in [9.17, 15) is 4.79 Å². The maximum absolute atomic E-state index is 12.7. The minimum absolute atomic E-state index is 0.0250. The number of aryl methyl sites for hydroxylation is 1. The predicted molar refractivity (Wildman–Crippen MR) is 116 cm³/mol. The van der Waals surface area contributed by atoms with E-state index in [0.29, 0.717) is 17.5 Å². The minimum Gasteiger partial charge on any atom is -0.379 e. The molecule has 30 heavy (non-hydrogen) atoms. The molecule has 1 aliphatic heterocycles. The third-order valence-corrected chi connectivity index (χ3v) is 7.02. The molecule has 0 atom stereocenters. The van der Waals surface area contributed by atoms with Crippen LogP contribution in [0, 0.1) is 6.92 Å². The molecule has 2 fully saturated rings. The van der Waals surface area contributed by atoms with Crippen LogP contribution in [-0.2, 0) is 9.53 Å². The van der Waals surface area contributed by atoms with Gasteiger partial charge in [0.2, 0.25) is 11.1 Å². The summed E-state index contributed by atoms with van der Waals surface area (Å²) in [4.78, 5) is 15.2. The van der Waals surface area contributed by atoms with Gasteiger partial charge in [0.05, 0.1) is 24.7 Å². The molecule has 1 saturated heterocycles. The van der Waals surface area contributed by atoms with Crippen molar-refractivity contribution in [2.75, 3.05) is 38.6 Å². The number of carbonyl (C=O) groups is 1. The molecule has 9 heteroatoms. The van der Waals surface area contributed by atoms with Gasteiger partial charge in [-0.2, -0.15) is 4.68 Å². The van der Waals surface area contributed by atoms with Crippen molar-refractivity contribution >= 4 is 17.7 Å². The number of morpholine rings is 1. The van der Waals surface area contributed by atoms with E-state index in [1.54, 1.807) is 4.68 Å². The summed E-state index contributed by atoms with van der Waals surface area (Å²) in [6, 6.07) is 7.99. The molecule has 1 aliphatic carbocycles. The number of amides is 1. The van der Waals surface area contributed by atoms with Crippen molar-refractivity contribution in [3.05, 3.63) is 29.8 Å². The number of tetrazole rings is 1. The van der Waals surface area contributed by atoms with E-state index in [2.05, 4.69) is 25.7 Å². The highest BCUT2D eigenvalue weighted by Gasteiger charge is 2.38. The molecule has 4 rings (SSSR count). The summed E-state index contributed by atoms with van der Waals surface area (Å²) in [6.07, 6.45) is 6.04. The van der Waals surface area contributed by atoms with Crippen LogP contribution in [0.15, 0.2) is 29.4 Å². The van der Waals surface area contributed by atoms with Crippen molar-refractivity contribution in [2.24, 2.45) is 0 Å². The highest BCUT2D eigenvalue weighted by Crippen LogP contribution is 2.34. The number of aromatic nitrogens is 4. The van der Waals surface area contributed by atoms with Crippen LogP contribution in [0.3, 0.4) is 0 Å². The first kappa shape index (κ1) is 21.3. The van der Waals surface area contributed by atoms with E-state index in [0.717, 1.165) is 50.4 Å². The van der Waals surface area contributed by atoms with Crippen molar-refractivity contribution in [1.82, 2.24) is 30.4 Å². The van der Waals surface area contributed by atoms with Crippen LogP contribution in [-0.4, -0.2) is 75.2 Å². The Morgan fingerprint density at radius 1 is 1.23 bits per heavy atom. The van der Waals surface area contributed by atoms with Gasteiger partial charge in [-0.05, 0) is 47.9 Å². The highest BCUT2D eigenvalue weighted by molar-refractivity contribution is 7.99. The first-order chi connectivity index (χ1) is 14.7. The number of carbonyl (C=O) groups excluding carboxylic acids is 1. The van der Waals surface area contributed by atoms with Crippen LogP contribution >= 0.6 is 11.8 Å². The summed E-state index contributed by atoms with van der Waals surface area (Å²) in [5.41, 5.74) is 2.11. The average Bonchev–Trinajstić information content (AvgIpc) is 3.26. The van der Waals surface area contributed by atoms with Gasteiger partial charge in [0.15, 0.2) is 0 Å². The molecule has 0 unspecified atom stereocenters. The Labute approximate surface area is 181 Å². The molecule has 1 N–H and O–H groups in total. The molecule has 1 aromatic carbocycles. The molecule has 1 saturated carbocycles. The molecular weight excluding hydrogens is 400 g/mol. The summed E-state index contributed by atoms with van der Waals surface area (Å²) in [5, 5.41) is 15.8. The van der Waals surface area contributed by atoms with Crippen molar-refractivity contribution in [3.8, 4) is 5.69 Å². The third kappa shape index (κ3) is 5.01. The second kappa shape index (κ2) is 9.89. The number of nitrogens with one attached hydrogen (secondary N) is 1. The van der Waals surface area contributed by atoms with E-state index in [4.69, 9.17) is 4.74 Å². The van der Waals surface area contributed by atoms with Crippen LogP contribution < -0.4 is 5.32 Å². The molecule has 1 amide bonds. The molecule has 162 valence electrons. The van der Waals surface area contributed by atoms with Crippen LogP contribution in [0.2, 0.25) is 0 Å². The van der Waals surface area contributed by atoms with Gasteiger partial charge in [-0.15, -0.1) is 5.10 Å². The summed E-state index contributed by atoms with van der Waals surface area (Å²) in [6.45, 7) is 6.21. The fraction of sp³-hybridized carbons (Fsp3) is 0.619. The van der Waals surface area contributed by atoms with Gasteiger partial charge in [-0.3, -0.25) is 9.69 Å². The molecule has 0 radical (unpaired) electrons. The van der Waals surface area contributed by atoms with Gasteiger partial charge in [0.1, 0.15) is 0 Å². The monoisotopic (exact) mass is 430 g/mol. The molecule has 2 aliphatic rings. The maximum atomic E-state index is 12.7. The van der Waals surface area contributed by atoms with Crippen molar-refractivity contribution in [3.63, 3.8) is 0 Å². The van der Waals surface area contributed by atoms with Gasteiger partial charge in [0.25, 0.3) is 0 Å². The van der Waals surface area contributed by atoms with Gasteiger partial charge < -0.3 is 10.1 Å². The zero-order chi connectivity index (χ0) is 20.8. The summed E-state index contributed by atoms with van der Waals surface area (Å²) >= 11 is 1.36. The lowest BCUT2D eigenvalue weighted by molar-refractivity contribution is -0.119. The molecule has 2 aromatic rings. The number of benzene rings is 1. The van der Waals surface area contributed by atoms with Gasteiger partial charge >= 0.3 is 0 Å². The summed E-state index contributed by atoms with van der Waals surface area (Å²) < 4.78 is 7.22. The Kier molecular flexibility index (Phi) is 7.01. The second-order valence-corrected chi connectivity index (χ2v) is 9.10. The first-order valence-electron chi connectivity index (χ1n) is 10.7. The van der Waals surface area contributed by atoms with Crippen LogP contribution in [0.25, 0.3) is 5.69 Å². The van der Waals surface area contributed by atoms with Crippen molar-refractivity contribution in [1.29, 1.82) is 0 Å². The summed E-state index contributed by atoms with van der Waals surface area (Å²) in [7, 11) is 0. The molecule has 1 aromatic heterocycles. The predicted octanol–water partition coefficient (Wildman–Crippen LogP) is 2.21. The summed E-state index contributed by atoms with van der Waals surface area (Å²) in [5.74, 6) is 0.322. The lowest BCUT2D eigenvalue weighted by Gasteiger charge is -2.48. The second-order valence-electron chi connectivity index (χ2n) is 8.16. The zero-order valence-corrected chi connectivity index (χ0v) is 18.4. The normalized spacial score (nSPS) is 19.5. The highest BCUT2D eigenvalue weighted by atomic mass is 32.2. The first-order valence-corrected chi connectivity index (χ1v) is 11.7. The molecule has 8 nitrogen and oxygen atoms in total. The van der Waals surface area contributed by atoms with Gasteiger partial charge in [-0.1, -0.05) is 43.2 Å². The van der Waals surface area contributed by atoms with E-state index in [-0.39, 0.29) is 11.4 Å². The fourth-order valence-electron chi connectivity index (χ4n) is 4.49. The standard InChI is InChI=1S/C21H30N6O2S/c1-17-6-5-7-18(14-17)27-20(23-24-25-27)30-15-19(28)22-16-21(8-3-2-4-9-21)26-10-12-29-13-11-26/h5-7,14H,2-4,8-13,15-16H2,1H3,(H,22,28). The van der Waals surface area contributed by atoms with Crippen molar-refractivity contribution < 1.29 is 9.53 Å². The van der Waals surface area contributed by atoms with E-state index in [1.807, 2.05) is 31.2 Å². The number of rotatable bonds is 7. The number of ether oxygens (including phenoxy) is 1. The number of nitrogens with zero attached hydrogens (tertiary/aromatic N) is 5. The zero-order valence-electron chi connectivity index (χ0n) is 17.5. The lowest BCUT2D eigenvalue weighted by atomic mass is 9.79. The number of hydrogen-bond acceptors (Lipinski definition) is 7. The largest absolute Gasteiger partial charge is 0.379 e. The Balaban J connectivity index is 1.34. The molecule has 2 heterocycles. The lowest BCUT2D eigenvalue weighted by Crippen LogP contribution is -2.59. The SMILES string of the molecule is Cc1cccc(-n2nnnc2SCC(=O)NCC2(N3CCOCC3)CCCCC2)c1. The quantitative estimate of drug-likeness (QED) is 0.674.